The van der Waals surface area contributed by atoms with Crippen molar-refractivity contribution in [2.24, 2.45) is 11.8 Å². The number of rotatable bonds is 5. The first-order valence-electron chi connectivity index (χ1n) is 10.4. The standard InChI is InChI=1S/C21H30N4O2/c1-2-19(26)23-21(10-11-21)16-8-14-24(15-9-16)20(27)17-6-3-4-7-18(17)25-13-5-12-22-25/h2,5,12-13,16-18H,1,3-4,6-11,14-15H2,(H,23,26). The van der Waals surface area contributed by atoms with Crippen molar-refractivity contribution in [3.05, 3.63) is 31.1 Å². The van der Waals surface area contributed by atoms with E-state index in [2.05, 4.69) is 21.9 Å². The van der Waals surface area contributed by atoms with E-state index in [1.807, 2.05) is 16.9 Å². The molecule has 0 radical (unpaired) electrons. The van der Waals surface area contributed by atoms with Crippen molar-refractivity contribution >= 4 is 11.8 Å². The Bertz CT molecular complexity index is 687. The number of nitrogens with zero attached hydrogens (tertiary/aromatic N) is 3. The third-order valence-corrected chi connectivity index (χ3v) is 6.85. The quantitative estimate of drug-likeness (QED) is 0.811. The number of carbonyl (C=O) groups excluding carboxylic acids is 2. The molecule has 3 fully saturated rings. The van der Waals surface area contributed by atoms with Crippen molar-refractivity contribution in [3.63, 3.8) is 0 Å². The van der Waals surface area contributed by atoms with Crippen LogP contribution in [0.25, 0.3) is 0 Å². The number of likely N-dealkylation sites (tertiary alicyclic amines) is 1. The summed E-state index contributed by atoms with van der Waals surface area (Å²) < 4.78 is 1.98. The third kappa shape index (κ3) is 3.66. The molecule has 1 N–H and O–H groups in total. The van der Waals surface area contributed by atoms with Crippen molar-refractivity contribution < 1.29 is 9.59 Å². The van der Waals surface area contributed by atoms with Crippen LogP contribution in [0.4, 0.5) is 0 Å². The fraction of sp³-hybridized carbons (Fsp3) is 0.667. The van der Waals surface area contributed by atoms with Gasteiger partial charge in [0.25, 0.3) is 0 Å². The van der Waals surface area contributed by atoms with Crippen molar-refractivity contribution in [2.75, 3.05) is 13.1 Å². The summed E-state index contributed by atoms with van der Waals surface area (Å²) in [6.45, 7) is 5.17. The monoisotopic (exact) mass is 370 g/mol. The molecule has 4 rings (SSSR count). The maximum Gasteiger partial charge on any atom is 0.243 e. The third-order valence-electron chi connectivity index (χ3n) is 6.85. The lowest BCUT2D eigenvalue weighted by atomic mass is 9.82. The van der Waals surface area contributed by atoms with E-state index in [1.54, 1.807) is 6.20 Å². The van der Waals surface area contributed by atoms with Crippen molar-refractivity contribution in [2.45, 2.75) is 62.9 Å². The molecule has 2 aliphatic carbocycles. The Morgan fingerprint density at radius 1 is 1.15 bits per heavy atom. The van der Waals surface area contributed by atoms with E-state index in [0.29, 0.717) is 11.8 Å². The zero-order chi connectivity index (χ0) is 18.9. The fourth-order valence-corrected chi connectivity index (χ4v) is 5.15. The molecule has 0 spiro atoms. The molecular formula is C21H30N4O2. The summed E-state index contributed by atoms with van der Waals surface area (Å²) in [4.78, 5) is 27.1. The second kappa shape index (κ2) is 7.49. The van der Waals surface area contributed by atoms with Crippen LogP contribution in [0.3, 0.4) is 0 Å². The van der Waals surface area contributed by atoms with E-state index in [1.165, 1.54) is 12.5 Å². The normalized spacial score (nSPS) is 27.8. The molecule has 3 aliphatic rings. The van der Waals surface area contributed by atoms with Gasteiger partial charge in [0.2, 0.25) is 11.8 Å². The fourth-order valence-electron chi connectivity index (χ4n) is 5.15. The second-order valence-corrected chi connectivity index (χ2v) is 8.39. The zero-order valence-corrected chi connectivity index (χ0v) is 16.0. The molecule has 0 bridgehead atoms. The van der Waals surface area contributed by atoms with Crippen LogP contribution in [0.5, 0.6) is 0 Å². The molecule has 6 heteroatoms. The van der Waals surface area contributed by atoms with Crippen LogP contribution >= 0.6 is 0 Å². The largest absolute Gasteiger partial charge is 0.347 e. The van der Waals surface area contributed by atoms with Gasteiger partial charge in [-0.2, -0.15) is 5.10 Å². The Morgan fingerprint density at radius 3 is 2.52 bits per heavy atom. The highest BCUT2D eigenvalue weighted by atomic mass is 16.2. The van der Waals surface area contributed by atoms with E-state index in [4.69, 9.17) is 0 Å². The van der Waals surface area contributed by atoms with Crippen LogP contribution in [0.2, 0.25) is 0 Å². The van der Waals surface area contributed by atoms with E-state index >= 15 is 0 Å². The van der Waals surface area contributed by atoms with E-state index in [9.17, 15) is 9.59 Å². The molecule has 146 valence electrons. The number of hydrogen-bond acceptors (Lipinski definition) is 3. The maximum absolute atomic E-state index is 13.3. The summed E-state index contributed by atoms with van der Waals surface area (Å²) in [5, 5.41) is 7.55. The predicted molar refractivity (Wildman–Crippen MR) is 103 cm³/mol. The number of aromatic nitrogens is 2. The van der Waals surface area contributed by atoms with E-state index in [-0.39, 0.29) is 23.4 Å². The van der Waals surface area contributed by atoms with Gasteiger partial charge in [0.1, 0.15) is 0 Å². The Labute approximate surface area is 161 Å². The lowest BCUT2D eigenvalue weighted by Gasteiger charge is -2.40. The molecule has 1 aromatic rings. The van der Waals surface area contributed by atoms with Gasteiger partial charge in [-0.15, -0.1) is 0 Å². The minimum atomic E-state index is -0.0738. The van der Waals surface area contributed by atoms with Crippen LogP contribution in [0.1, 0.15) is 57.4 Å². The van der Waals surface area contributed by atoms with E-state index in [0.717, 1.165) is 58.0 Å². The highest BCUT2D eigenvalue weighted by Crippen LogP contribution is 2.47. The maximum atomic E-state index is 13.3. The Morgan fingerprint density at radius 2 is 1.89 bits per heavy atom. The van der Waals surface area contributed by atoms with Gasteiger partial charge in [-0.05, 0) is 56.6 Å². The molecule has 2 unspecified atom stereocenters. The Hall–Kier alpha value is -2.11. The SMILES string of the molecule is C=CC(=O)NC1(C2CCN(C(=O)C3CCCCC3n3cccn3)CC2)CC1. The zero-order valence-electron chi connectivity index (χ0n) is 16.0. The molecule has 27 heavy (non-hydrogen) atoms. The van der Waals surface area contributed by atoms with Crippen LogP contribution in [0, 0.1) is 11.8 Å². The lowest BCUT2D eigenvalue weighted by molar-refractivity contribution is -0.140. The van der Waals surface area contributed by atoms with Crippen LogP contribution in [-0.4, -0.2) is 45.1 Å². The summed E-state index contributed by atoms with van der Waals surface area (Å²) >= 11 is 0. The molecule has 1 saturated heterocycles. The Balaban J connectivity index is 1.37. The molecule has 1 aromatic heterocycles. The molecule has 2 amide bonds. The molecule has 2 saturated carbocycles. The molecule has 1 aliphatic heterocycles. The van der Waals surface area contributed by atoms with Gasteiger partial charge in [0.05, 0.1) is 12.0 Å². The number of nitrogens with one attached hydrogen (secondary N) is 1. The summed E-state index contributed by atoms with van der Waals surface area (Å²) in [7, 11) is 0. The average Bonchev–Trinajstić information content (AvgIpc) is 3.28. The first-order chi connectivity index (χ1) is 13.1. The Kier molecular flexibility index (Phi) is 5.06. The number of piperidine rings is 1. The summed E-state index contributed by atoms with van der Waals surface area (Å²) in [6.07, 6.45) is 13.5. The number of amides is 2. The van der Waals surface area contributed by atoms with E-state index < -0.39 is 0 Å². The van der Waals surface area contributed by atoms with Crippen LogP contribution in [0.15, 0.2) is 31.1 Å². The lowest BCUT2D eigenvalue weighted by Crippen LogP contribution is -2.50. The van der Waals surface area contributed by atoms with Crippen molar-refractivity contribution in [1.29, 1.82) is 0 Å². The minimum Gasteiger partial charge on any atom is -0.347 e. The van der Waals surface area contributed by atoms with Crippen molar-refractivity contribution in [1.82, 2.24) is 20.0 Å². The van der Waals surface area contributed by atoms with Gasteiger partial charge in [0, 0.05) is 31.0 Å². The first-order valence-corrected chi connectivity index (χ1v) is 10.4. The minimum absolute atomic E-state index is 0.0388. The van der Waals surface area contributed by atoms with Gasteiger partial charge in [-0.3, -0.25) is 14.3 Å². The predicted octanol–water partition coefficient (Wildman–Crippen LogP) is 2.69. The molecule has 6 nitrogen and oxygen atoms in total. The summed E-state index contributed by atoms with van der Waals surface area (Å²) in [6, 6.07) is 2.13. The summed E-state index contributed by atoms with van der Waals surface area (Å²) in [5.41, 5.74) is -0.0388. The highest BCUT2D eigenvalue weighted by molar-refractivity contribution is 5.87. The summed E-state index contributed by atoms with van der Waals surface area (Å²) in [5.74, 6) is 0.744. The molecule has 0 aromatic carbocycles. The molecular weight excluding hydrogens is 340 g/mol. The van der Waals surface area contributed by atoms with Gasteiger partial charge < -0.3 is 10.2 Å². The topological polar surface area (TPSA) is 67.2 Å². The second-order valence-electron chi connectivity index (χ2n) is 8.39. The number of hydrogen-bond donors (Lipinski definition) is 1. The van der Waals surface area contributed by atoms with Gasteiger partial charge in [0.15, 0.2) is 0 Å². The first kappa shape index (κ1) is 18.3. The smallest absolute Gasteiger partial charge is 0.243 e. The highest BCUT2D eigenvalue weighted by Gasteiger charge is 2.51. The van der Waals surface area contributed by atoms with Gasteiger partial charge in [-0.1, -0.05) is 19.4 Å². The van der Waals surface area contributed by atoms with Crippen LogP contribution < -0.4 is 5.32 Å². The van der Waals surface area contributed by atoms with Crippen LogP contribution in [-0.2, 0) is 9.59 Å². The van der Waals surface area contributed by atoms with Crippen molar-refractivity contribution in [3.8, 4) is 0 Å². The molecule has 2 heterocycles. The van der Waals surface area contributed by atoms with Gasteiger partial charge in [-0.25, -0.2) is 0 Å². The number of carbonyl (C=O) groups is 2. The molecule has 2 atom stereocenters. The average molecular weight is 370 g/mol. The van der Waals surface area contributed by atoms with Gasteiger partial charge >= 0.3 is 0 Å².